The summed E-state index contributed by atoms with van der Waals surface area (Å²) >= 11 is 5.71. The molecule has 0 unspecified atom stereocenters. The Hall–Kier alpha value is -2.21. The van der Waals surface area contributed by atoms with Crippen molar-refractivity contribution in [3.05, 3.63) is 58.4 Å². The molecule has 0 aliphatic carbocycles. The summed E-state index contributed by atoms with van der Waals surface area (Å²) in [4.78, 5) is 11.9. The maximum atomic E-state index is 13.5. The van der Waals surface area contributed by atoms with Crippen LogP contribution in [0.3, 0.4) is 0 Å². The van der Waals surface area contributed by atoms with E-state index in [9.17, 15) is 18.0 Å². The van der Waals surface area contributed by atoms with Crippen LogP contribution in [-0.2, 0) is 0 Å². The molecule has 7 heteroatoms. The van der Waals surface area contributed by atoms with E-state index in [1.54, 1.807) is 0 Å². The van der Waals surface area contributed by atoms with E-state index >= 15 is 0 Å². The van der Waals surface area contributed by atoms with Crippen molar-refractivity contribution >= 4 is 28.9 Å². The highest BCUT2D eigenvalue weighted by Crippen LogP contribution is 2.26. The Balaban J connectivity index is 2.38. The largest absolute Gasteiger partial charge is 0.397 e. The van der Waals surface area contributed by atoms with Crippen LogP contribution in [0.1, 0.15) is 10.4 Å². The van der Waals surface area contributed by atoms with Gasteiger partial charge in [-0.15, -0.1) is 0 Å². The van der Waals surface area contributed by atoms with Gasteiger partial charge in [0.1, 0.15) is 17.3 Å². The molecular weight excluding hydrogens is 293 g/mol. The van der Waals surface area contributed by atoms with Crippen LogP contribution in [0.4, 0.5) is 24.5 Å². The molecular formula is C13H8ClF3N2O. The lowest BCUT2D eigenvalue weighted by Gasteiger charge is -2.11. The summed E-state index contributed by atoms with van der Waals surface area (Å²) in [5.74, 6) is -3.80. The van der Waals surface area contributed by atoms with Gasteiger partial charge in [0.25, 0.3) is 5.91 Å². The van der Waals surface area contributed by atoms with E-state index in [4.69, 9.17) is 17.3 Å². The number of hydrogen-bond donors (Lipinski definition) is 2. The molecule has 0 heterocycles. The smallest absolute Gasteiger partial charge is 0.260 e. The molecule has 3 nitrogen and oxygen atoms in total. The normalized spacial score (nSPS) is 10.4. The van der Waals surface area contributed by atoms with E-state index in [1.165, 1.54) is 12.1 Å². The van der Waals surface area contributed by atoms with Crippen molar-refractivity contribution in [3.8, 4) is 0 Å². The van der Waals surface area contributed by atoms with Gasteiger partial charge in [0, 0.05) is 6.07 Å². The van der Waals surface area contributed by atoms with Gasteiger partial charge in [-0.3, -0.25) is 4.79 Å². The minimum absolute atomic E-state index is 0.136. The number of nitrogens with one attached hydrogen (secondary N) is 1. The number of nitrogens with two attached hydrogens (primary N) is 1. The van der Waals surface area contributed by atoms with Crippen molar-refractivity contribution in [2.45, 2.75) is 0 Å². The van der Waals surface area contributed by atoms with Crippen molar-refractivity contribution in [1.82, 2.24) is 0 Å². The van der Waals surface area contributed by atoms with Crippen molar-refractivity contribution in [2.75, 3.05) is 11.1 Å². The second-order valence-electron chi connectivity index (χ2n) is 3.90. The zero-order valence-electron chi connectivity index (χ0n) is 9.88. The van der Waals surface area contributed by atoms with Crippen LogP contribution in [0.15, 0.2) is 30.3 Å². The average Bonchev–Trinajstić information content (AvgIpc) is 2.33. The second-order valence-corrected chi connectivity index (χ2v) is 4.31. The first-order valence-corrected chi connectivity index (χ1v) is 5.78. The molecule has 20 heavy (non-hydrogen) atoms. The predicted octanol–water partition coefficient (Wildman–Crippen LogP) is 3.59. The zero-order valence-corrected chi connectivity index (χ0v) is 10.6. The van der Waals surface area contributed by atoms with E-state index in [0.717, 1.165) is 12.1 Å². The number of halogens is 4. The van der Waals surface area contributed by atoms with Crippen molar-refractivity contribution < 1.29 is 18.0 Å². The second kappa shape index (κ2) is 5.42. The summed E-state index contributed by atoms with van der Waals surface area (Å²) in [6.45, 7) is 0. The number of nitrogen functional groups attached to an aromatic ring is 1. The number of carbonyl (C=O) groups excluding carboxylic acids is 1. The van der Waals surface area contributed by atoms with Crippen LogP contribution in [0.25, 0.3) is 0 Å². The molecule has 2 rings (SSSR count). The molecule has 0 atom stereocenters. The number of benzene rings is 2. The number of rotatable bonds is 2. The number of hydrogen-bond acceptors (Lipinski definition) is 2. The number of amides is 1. The first-order valence-electron chi connectivity index (χ1n) is 5.40. The molecule has 104 valence electrons. The fourth-order valence-electron chi connectivity index (χ4n) is 1.62. The maximum absolute atomic E-state index is 13.5. The fourth-order valence-corrected chi connectivity index (χ4v) is 1.86. The fraction of sp³-hybridized carbons (Fsp3) is 0. The third-order valence-corrected chi connectivity index (χ3v) is 2.83. The van der Waals surface area contributed by atoms with Gasteiger partial charge in [-0.2, -0.15) is 0 Å². The molecule has 0 spiro atoms. The Kier molecular flexibility index (Phi) is 3.85. The SMILES string of the molecule is Nc1cc(F)cc(F)c1NC(=O)c1c(F)cccc1Cl. The molecule has 1 amide bonds. The van der Waals surface area contributed by atoms with Gasteiger partial charge in [-0.1, -0.05) is 17.7 Å². The zero-order chi connectivity index (χ0) is 14.9. The first kappa shape index (κ1) is 14.2. The van der Waals surface area contributed by atoms with Gasteiger partial charge in [-0.05, 0) is 18.2 Å². The van der Waals surface area contributed by atoms with Gasteiger partial charge in [-0.25, -0.2) is 13.2 Å². The number of anilines is 2. The summed E-state index contributed by atoms with van der Waals surface area (Å²) in [5.41, 5.74) is 4.21. The lowest BCUT2D eigenvalue weighted by atomic mass is 10.2. The minimum Gasteiger partial charge on any atom is -0.397 e. The molecule has 2 aromatic rings. The van der Waals surface area contributed by atoms with E-state index in [2.05, 4.69) is 5.32 Å². The Morgan fingerprint density at radius 2 is 1.85 bits per heavy atom. The highest BCUT2D eigenvalue weighted by atomic mass is 35.5. The Morgan fingerprint density at radius 1 is 1.15 bits per heavy atom. The third-order valence-electron chi connectivity index (χ3n) is 2.51. The van der Waals surface area contributed by atoms with Crippen LogP contribution in [0.2, 0.25) is 5.02 Å². The van der Waals surface area contributed by atoms with E-state index in [0.29, 0.717) is 6.07 Å². The summed E-state index contributed by atoms with van der Waals surface area (Å²) in [5, 5.41) is 1.94. The molecule has 3 N–H and O–H groups in total. The highest BCUT2D eigenvalue weighted by molar-refractivity contribution is 6.34. The Bertz CT molecular complexity index is 648. The topological polar surface area (TPSA) is 55.1 Å². The summed E-state index contributed by atoms with van der Waals surface area (Å²) in [6.07, 6.45) is 0. The summed E-state index contributed by atoms with van der Waals surface area (Å²) in [7, 11) is 0. The van der Waals surface area contributed by atoms with Gasteiger partial charge in [0.05, 0.1) is 16.3 Å². The van der Waals surface area contributed by atoms with Crippen LogP contribution in [0.5, 0.6) is 0 Å². The lowest BCUT2D eigenvalue weighted by Crippen LogP contribution is -2.16. The van der Waals surface area contributed by atoms with Crippen molar-refractivity contribution in [2.24, 2.45) is 0 Å². The van der Waals surface area contributed by atoms with Crippen LogP contribution < -0.4 is 11.1 Å². The quantitative estimate of drug-likeness (QED) is 0.833. The first-order chi connectivity index (χ1) is 9.40. The van der Waals surface area contributed by atoms with E-state index in [1.807, 2.05) is 0 Å². The summed E-state index contributed by atoms with van der Waals surface area (Å²) < 4.78 is 39.9. The van der Waals surface area contributed by atoms with Gasteiger partial charge in [0.15, 0.2) is 5.82 Å². The molecule has 0 aliphatic heterocycles. The standard InChI is InChI=1S/C13H8ClF3N2O/c14-7-2-1-3-8(16)11(7)13(20)19-12-9(17)4-6(15)5-10(12)18/h1-5H,18H2,(H,19,20). The highest BCUT2D eigenvalue weighted by Gasteiger charge is 2.19. The molecule has 0 saturated carbocycles. The Labute approximate surface area is 117 Å². The molecule has 2 aromatic carbocycles. The van der Waals surface area contributed by atoms with Crippen LogP contribution >= 0.6 is 11.6 Å². The third kappa shape index (κ3) is 2.70. The lowest BCUT2D eigenvalue weighted by molar-refractivity contribution is 0.102. The monoisotopic (exact) mass is 300 g/mol. The van der Waals surface area contributed by atoms with E-state index < -0.39 is 34.6 Å². The van der Waals surface area contributed by atoms with Gasteiger partial charge < -0.3 is 11.1 Å². The van der Waals surface area contributed by atoms with E-state index in [-0.39, 0.29) is 10.7 Å². The minimum atomic E-state index is -1.07. The van der Waals surface area contributed by atoms with Crippen molar-refractivity contribution in [1.29, 1.82) is 0 Å². The van der Waals surface area contributed by atoms with Crippen LogP contribution in [-0.4, -0.2) is 5.91 Å². The molecule has 0 bridgehead atoms. The molecule has 0 aliphatic rings. The van der Waals surface area contributed by atoms with Gasteiger partial charge >= 0.3 is 0 Å². The summed E-state index contributed by atoms with van der Waals surface area (Å²) in [6, 6.07) is 5.05. The molecule has 0 saturated heterocycles. The maximum Gasteiger partial charge on any atom is 0.260 e. The molecule has 0 radical (unpaired) electrons. The van der Waals surface area contributed by atoms with Gasteiger partial charge in [0.2, 0.25) is 0 Å². The average molecular weight is 301 g/mol. The van der Waals surface area contributed by atoms with Crippen molar-refractivity contribution in [3.63, 3.8) is 0 Å². The molecule has 0 fully saturated rings. The predicted molar refractivity (Wildman–Crippen MR) is 70.1 cm³/mol. The Morgan fingerprint density at radius 3 is 2.45 bits per heavy atom. The van der Waals surface area contributed by atoms with Crippen LogP contribution in [0, 0.1) is 17.5 Å². The molecule has 0 aromatic heterocycles. The number of carbonyl (C=O) groups is 1.